The second-order valence-corrected chi connectivity index (χ2v) is 8.32. The zero-order valence-corrected chi connectivity index (χ0v) is 18.5. The van der Waals surface area contributed by atoms with Gasteiger partial charge in [-0.05, 0) is 47.9 Å². The van der Waals surface area contributed by atoms with Crippen molar-refractivity contribution >= 4 is 33.5 Å². The zero-order valence-electron chi connectivity index (χ0n) is 17.8. The highest BCUT2D eigenvalue weighted by Crippen LogP contribution is 2.35. The molecule has 0 amide bonds. The topological polar surface area (TPSA) is 51.8 Å². The Balaban J connectivity index is 1.49. The fourth-order valence-corrected chi connectivity index (χ4v) is 4.27. The number of aryl methyl sites for hydroxylation is 1. The highest BCUT2D eigenvalue weighted by Gasteiger charge is 2.16. The fraction of sp³-hybridized carbons (Fsp3) is 0.0357. The number of halogens is 1. The average Bonchev–Trinajstić information content (AvgIpc) is 3.23. The van der Waals surface area contributed by atoms with Gasteiger partial charge in [-0.15, -0.1) is 0 Å². The molecular formula is C28H18ClN3O. The first-order valence-electron chi connectivity index (χ1n) is 10.7. The van der Waals surface area contributed by atoms with E-state index in [1.165, 1.54) is 5.56 Å². The maximum absolute atomic E-state index is 6.36. The third-order valence-corrected chi connectivity index (χ3v) is 5.93. The van der Waals surface area contributed by atoms with Gasteiger partial charge in [-0.1, -0.05) is 78.4 Å². The third-order valence-electron chi connectivity index (χ3n) is 5.76. The molecule has 2 heterocycles. The monoisotopic (exact) mass is 447 g/mol. The van der Waals surface area contributed by atoms with Gasteiger partial charge in [0.25, 0.3) is 0 Å². The van der Waals surface area contributed by atoms with Crippen LogP contribution in [0.25, 0.3) is 55.8 Å². The number of rotatable bonds is 3. The molecule has 0 spiro atoms. The second-order valence-electron chi connectivity index (χ2n) is 7.98. The Bertz CT molecular complexity index is 1640. The lowest BCUT2D eigenvalue weighted by Crippen LogP contribution is -1.97. The van der Waals surface area contributed by atoms with Crippen molar-refractivity contribution in [3.63, 3.8) is 0 Å². The number of benzene rings is 4. The molecule has 0 atom stereocenters. The first-order valence-corrected chi connectivity index (χ1v) is 11.0. The van der Waals surface area contributed by atoms with Crippen LogP contribution < -0.4 is 0 Å². The summed E-state index contributed by atoms with van der Waals surface area (Å²) in [5.41, 5.74) is 6.66. The maximum Gasteiger partial charge on any atom is 0.226 e. The maximum atomic E-state index is 6.36. The number of fused-ring (bicyclic) bond motifs is 3. The Morgan fingerprint density at radius 2 is 1.36 bits per heavy atom. The van der Waals surface area contributed by atoms with Gasteiger partial charge in [-0.3, -0.25) is 0 Å². The second kappa shape index (κ2) is 7.84. The third kappa shape index (κ3) is 3.55. The van der Waals surface area contributed by atoms with Gasteiger partial charge < -0.3 is 4.42 Å². The van der Waals surface area contributed by atoms with Crippen LogP contribution in [0.3, 0.4) is 0 Å². The summed E-state index contributed by atoms with van der Waals surface area (Å²) in [6, 6.07) is 30.5. The van der Waals surface area contributed by atoms with Gasteiger partial charge in [0.1, 0.15) is 11.2 Å². The smallest absolute Gasteiger partial charge is 0.226 e. The van der Waals surface area contributed by atoms with Crippen LogP contribution in [0.1, 0.15) is 5.56 Å². The van der Waals surface area contributed by atoms with E-state index >= 15 is 0 Å². The molecule has 158 valence electrons. The van der Waals surface area contributed by atoms with E-state index in [1.807, 2.05) is 54.6 Å². The van der Waals surface area contributed by atoms with Crippen LogP contribution in [-0.2, 0) is 0 Å². The standard InChI is InChI=1S/C28H18ClN3O/c1-17-12-14-18(15-13-17)19-6-4-7-20(16-19)26-30-27(32-28(29)31-26)23-10-5-9-22-21-8-2-3-11-24(21)33-25(22)23/h2-16H,1H3. The number of furan rings is 1. The van der Waals surface area contributed by atoms with E-state index in [9.17, 15) is 0 Å². The van der Waals surface area contributed by atoms with Crippen LogP contribution in [-0.4, -0.2) is 15.0 Å². The molecule has 6 rings (SSSR count). The molecule has 33 heavy (non-hydrogen) atoms. The molecular weight excluding hydrogens is 430 g/mol. The van der Waals surface area contributed by atoms with Gasteiger partial charge in [0.05, 0.1) is 5.56 Å². The summed E-state index contributed by atoms with van der Waals surface area (Å²) >= 11 is 6.36. The van der Waals surface area contributed by atoms with Gasteiger partial charge in [-0.25, -0.2) is 4.98 Å². The molecule has 0 fully saturated rings. The number of hydrogen-bond donors (Lipinski definition) is 0. The lowest BCUT2D eigenvalue weighted by Gasteiger charge is -2.08. The number of nitrogens with zero attached hydrogens (tertiary/aromatic N) is 3. The first-order chi connectivity index (χ1) is 16.2. The summed E-state index contributed by atoms with van der Waals surface area (Å²) in [7, 11) is 0. The normalized spacial score (nSPS) is 11.3. The molecule has 0 aliphatic heterocycles. The van der Waals surface area contributed by atoms with Crippen LogP contribution in [0.2, 0.25) is 5.28 Å². The molecule has 4 nitrogen and oxygen atoms in total. The molecule has 2 aromatic heterocycles. The van der Waals surface area contributed by atoms with Crippen molar-refractivity contribution in [2.45, 2.75) is 6.92 Å². The number of hydrogen-bond acceptors (Lipinski definition) is 4. The first kappa shape index (κ1) is 19.6. The molecule has 5 heteroatoms. The summed E-state index contributed by atoms with van der Waals surface area (Å²) in [4.78, 5) is 13.6. The van der Waals surface area contributed by atoms with Crippen molar-refractivity contribution in [1.29, 1.82) is 0 Å². The van der Waals surface area contributed by atoms with Crippen LogP contribution in [0.5, 0.6) is 0 Å². The van der Waals surface area contributed by atoms with Gasteiger partial charge in [0.2, 0.25) is 5.28 Å². The predicted octanol–water partition coefficient (Wildman–Crippen LogP) is 7.73. The summed E-state index contributed by atoms with van der Waals surface area (Å²) in [5.74, 6) is 1.00. The van der Waals surface area contributed by atoms with Crippen molar-refractivity contribution in [3.8, 4) is 33.9 Å². The Morgan fingerprint density at radius 3 is 2.24 bits per heavy atom. The molecule has 0 saturated carbocycles. The van der Waals surface area contributed by atoms with E-state index in [0.29, 0.717) is 11.6 Å². The van der Waals surface area contributed by atoms with Gasteiger partial charge in [0.15, 0.2) is 11.6 Å². The van der Waals surface area contributed by atoms with E-state index in [0.717, 1.165) is 44.2 Å². The Hall–Kier alpha value is -4.02. The summed E-state index contributed by atoms with van der Waals surface area (Å²) < 4.78 is 6.17. The molecule has 0 unspecified atom stereocenters. The fourth-order valence-electron chi connectivity index (χ4n) is 4.11. The molecule has 6 aromatic rings. The predicted molar refractivity (Wildman–Crippen MR) is 133 cm³/mol. The lowest BCUT2D eigenvalue weighted by atomic mass is 10.0. The summed E-state index contributed by atoms with van der Waals surface area (Å²) in [6.45, 7) is 2.08. The van der Waals surface area contributed by atoms with E-state index in [1.54, 1.807) is 0 Å². The average molecular weight is 448 g/mol. The van der Waals surface area contributed by atoms with Crippen LogP contribution in [0.4, 0.5) is 0 Å². The minimum Gasteiger partial charge on any atom is -0.455 e. The van der Waals surface area contributed by atoms with Crippen molar-refractivity contribution in [2.75, 3.05) is 0 Å². The largest absolute Gasteiger partial charge is 0.455 e. The van der Waals surface area contributed by atoms with Gasteiger partial charge in [0, 0.05) is 16.3 Å². The van der Waals surface area contributed by atoms with Crippen LogP contribution in [0, 0.1) is 6.92 Å². The highest BCUT2D eigenvalue weighted by molar-refractivity contribution is 6.28. The summed E-state index contributed by atoms with van der Waals surface area (Å²) in [6.07, 6.45) is 0. The van der Waals surface area contributed by atoms with E-state index < -0.39 is 0 Å². The lowest BCUT2D eigenvalue weighted by molar-refractivity contribution is 0.669. The molecule has 0 aliphatic rings. The molecule has 0 radical (unpaired) electrons. The minimum atomic E-state index is 0.142. The molecule has 0 saturated heterocycles. The molecule has 0 aliphatic carbocycles. The van der Waals surface area contributed by atoms with Gasteiger partial charge >= 0.3 is 0 Å². The number of aromatic nitrogens is 3. The van der Waals surface area contributed by atoms with E-state index in [-0.39, 0.29) is 5.28 Å². The molecule has 0 N–H and O–H groups in total. The van der Waals surface area contributed by atoms with E-state index in [4.69, 9.17) is 21.0 Å². The van der Waals surface area contributed by atoms with Crippen molar-refractivity contribution < 1.29 is 4.42 Å². The SMILES string of the molecule is Cc1ccc(-c2cccc(-c3nc(Cl)nc(-c4cccc5c4oc4ccccc45)n3)c2)cc1. The quantitative estimate of drug-likeness (QED) is 0.278. The zero-order chi connectivity index (χ0) is 22.4. The Morgan fingerprint density at radius 1 is 0.636 bits per heavy atom. The van der Waals surface area contributed by atoms with Gasteiger partial charge in [-0.2, -0.15) is 9.97 Å². The molecule has 0 bridgehead atoms. The number of para-hydroxylation sites is 2. The van der Waals surface area contributed by atoms with Crippen molar-refractivity contribution in [3.05, 3.63) is 102 Å². The Kier molecular flexibility index (Phi) is 4.67. The van der Waals surface area contributed by atoms with Crippen molar-refractivity contribution in [1.82, 2.24) is 15.0 Å². The van der Waals surface area contributed by atoms with E-state index in [2.05, 4.69) is 53.3 Å². The minimum absolute atomic E-state index is 0.142. The highest BCUT2D eigenvalue weighted by atomic mass is 35.5. The summed E-state index contributed by atoms with van der Waals surface area (Å²) in [5, 5.41) is 2.21. The van der Waals surface area contributed by atoms with Crippen LogP contribution >= 0.6 is 11.6 Å². The Labute approximate surface area is 195 Å². The van der Waals surface area contributed by atoms with Crippen molar-refractivity contribution in [2.24, 2.45) is 0 Å². The molecule has 4 aromatic carbocycles. The van der Waals surface area contributed by atoms with Crippen LogP contribution in [0.15, 0.2) is 95.4 Å².